The maximum Gasteiger partial charge on any atom is 0.251 e. The minimum atomic E-state index is -0.157. The van der Waals surface area contributed by atoms with E-state index in [-0.39, 0.29) is 10.8 Å². The van der Waals surface area contributed by atoms with Gasteiger partial charge in [0.15, 0.2) is 5.16 Å². The van der Waals surface area contributed by atoms with E-state index in [2.05, 4.69) is 9.97 Å². The molecule has 5 nitrogen and oxygen atoms in total. The van der Waals surface area contributed by atoms with Gasteiger partial charge in [0.25, 0.3) is 5.56 Å². The highest BCUT2D eigenvalue weighted by atomic mass is 32.2. The van der Waals surface area contributed by atoms with Crippen LogP contribution in [0.5, 0.6) is 0 Å². The molecule has 6 heteroatoms. The van der Waals surface area contributed by atoms with Crippen molar-refractivity contribution in [2.45, 2.75) is 17.3 Å². The SMILES string of the molecule is Cc1cc(=O)[nH]c(SC(CN)c2ccco2)n1. The van der Waals surface area contributed by atoms with Crippen LogP contribution >= 0.6 is 11.8 Å². The van der Waals surface area contributed by atoms with Gasteiger partial charge in [-0.1, -0.05) is 11.8 Å². The predicted molar refractivity (Wildman–Crippen MR) is 66.0 cm³/mol. The first kappa shape index (κ1) is 11.9. The molecule has 2 aromatic rings. The molecule has 0 aliphatic rings. The third kappa shape index (κ3) is 2.98. The molecule has 2 heterocycles. The second kappa shape index (κ2) is 5.20. The average Bonchev–Trinajstić information content (AvgIpc) is 2.77. The number of nitrogens with one attached hydrogen (secondary N) is 1. The number of hydrogen-bond donors (Lipinski definition) is 2. The van der Waals surface area contributed by atoms with E-state index in [1.165, 1.54) is 17.8 Å². The Morgan fingerprint density at radius 1 is 1.65 bits per heavy atom. The molecule has 0 aromatic carbocycles. The van der Waals surface area contributed by atoms with Crippen LogP contribution in [-0.2, 0) is 0 Å². The number of aromatic nitrogens is 2. The first-order valence-corrected chi connectivity index (χ1v) is 6.05. The van der Waals surface area contributed by atoms with E-state index < -0.39 is 0 Å². The molecule has 17 heavy (non-hydrogen) atoms. The number of H-pyrrole nitrogens is 1. The van der Waals surface area contributed by atoms with Gasteiger partial charge in [-0.25, -0.2) is 4.98 Å². The van der Waals surface area contributed by atoms with Crippen molar-refractivity contribution in [3.05, 3.63) is 46.3 Å². The van der Waals surface area contributed by atoms with Crippen molar-refractivity contribution in [1.29, 1.82) is 0 Å². The van der Waals surface area contributed by atoms with E-state index in [0.29, 0.717) is 17.4 Å². The molecule has 0 bridgehead atoms. The first-order chi connectivity index (χ1) is 8.19. The van der Waals surface area contributed by atoms with Crippen molar-refractivity contribution in [1.82, 2.24) is 9.97 Å². The summed E-state index contributed by atoms with van der Waals surface area (Å²) in [6, 6.07) is 5.12. The number of hydrogen-bond acceptors (Lipinski definition) is 5. The van der Waals surface area contributed by atoms with Crippen molar-refractivity contribution in [3.8, 4) is 0 Å². The van der Waals surface area contributed by atoms with Gasteiger partial charge in [0.2, 0.25) is 0 Å². The van der Waals surface area contributed by atoms with Gasteiger partial charge in [0, 0.05) is 18.3 Å². The highest BCUT2D eigenvalue weighted by Crippen LogP contribution is 2.31. The Morgan fingerprint density at radius 2 is 2.47 bits per heavy atom. The summed E-state index contributed by atoms with van der Waals surface area (Å²) in [5.41, 5.74) is 6.22. The van der Waals surface area contributed by atoms with Crippen LogP contribution in [0.3, 0.4) is 0 Å². The minimum Gasteiger partial charge on any atom is -0.468 e. The number of aryl methyl sites for hydroxylation is 1. The molecule has 0 saturated carbocycles. The molecule has 0 aliphatic carbocycles. The third-order valence-corrected chi connectivity index (χ3v) is 3.30. The zero-order valence-corrected chi connectivity index (χ0v) is 10.2. The normalized spacial score (nSPS) is 12.6. The molecule has 0 radical (unpaired) electrons. The summed E-state index contributed by atoms with van der Waals surface area (Å²) in [6.07, 6.45) is 1.60. The van der Waals surface area contributed by atoms with Gasteiger partial charge in [-0.2, -0.15) is 0 Å². The lowest BCUT2D eigenvalue weighted by Crippen LogP contribution is -2.12. The summed E-state index contributed by atoms with van der Waals surface area (Å²) in [5, 5.41) is 0.511. The van der Waals surface area contributed by atoms with Crippen molar-refractivity contribution in [2.75, 3.05) is 6.54 Å². The number of thioether (sulfide) groups is 1. The zero-order chi connectivity index (χ0) is 12.3. The highest BCUT2D eigenvalue weighted by molar-refractivity contribution is 7.99. The summed E-state index contributed by atoms with van der Waals surface area (Å²) >= 11 is 1.39. The van der Waals surface area contributed by atoms with Crippen LogP contribution in [0, 0.1) is 6.92 Å². The molecule has 90 valence electrons. The Kier molecular flexibility index (Phi) is 3.65. The largest absolute Gasteiger partial charge is 0.468 e. The molecule has 1 unspecified atom stereocenters. The molecule has 2 rings (SSSR count). The first-order valence-electron chi connectivity index (χ1n) is 5.17. The van der Waals surface area contributed by atoms with Crippen LogP contribution in [0.2, 0.25) is 0 Å². The predicted octanol–water partition coefficient (Wildman–Crippen LogP) is 1.46. The summed E-state index contributed by atoms with van der Waals surface area (Å²) in [7, 11) is 0. The van der Waals surface area contributed by atoms with E-state index in [1.807, 2.05) is 12.1 Å². The van der Waals surface area contributed by atoms with Crippen molar-refractivity contribution < 1.29 is 4.42 Å². The van der Waals surface area contributed by atoms with E-state index >= 15 is 0 Å². The number of rotatable bonds is 4. The third-order valence-electron chi connectivity index (χ3n) is 2.18. The Hall–Kier alpha value is -1.53. The lowest BCUT2D eigenvalue weighted by molar-refractivity contribution is 0.507. The molecule has 0 aliphatic heterocycles. The quantitative estimate of drug-likeness (QED) is 0.635. The second-order valence-corrected chi connectivity index (χ2v) is 4.74. The van der Waals surface area contributed by atoms with Gasteiger partial charge in [0.1, 0.15) is 5.76 Å². The number of nitrogens with zero attached hydrogens (tertiary/aromatic N) is 1. The Bertz CT molecular complexity index is 536. The zero-order valence-electron chi connectivity index (χ0n) is 9.34. The van der Waals surface area contributed by atoms with Gasteiger partial charge in [-0.05, 0) is 19.1 Å². The van der Waals surface area contributed by atoms with Crippen LogP contribution < -0.4 is 11.3 Å². The topological polar surface area (TPSA) is 84.9 Å². The monoisotopic (exact) mass is 251 g/mol. The lowest BCUT2D eigenvalue weighted by Gasteiger charge is -2.10. The summed E-state index contributed by atoms with van der Waals surface area (Å²) in [6.45, 7) is 2.19. The lowest BCUT2D eigenvalue weighted by atomic mass is 10.3. The van der Waals surface area contributed by atoms with E-state index in [9.17, 15) is 4.79 Å². The fourth-order valence-electron chi connectivity index (χ4n) is 1.44. The van der Waals surface area contributed by atoms with Gasteiger partial charge in [-0.3, -0.25) is 4.79 Å². The molecule has 0 saturated heterocycles. The van der Waals surface area contributed by atoms with Crippen LogP contribution in [0.4, 0.5) is 0 Å². The molecule has 0 spiro atoms. The smallest absolute Gasteiger partial charge is 0.251 e. The van der Waals surface area contributed by atoms with Crippen molar-refractivity contribution >= 4 is 11.8 Å². The summed E-state index contributed by atoms with van der Waals surface area (Å²) in [5.74, 6) is 0.779. The van der Waals surface area contributed by atoms with Gasteiger partial charge in [-0.15, -0.1) is 0 Å². The summed E-state index contributed by atoms with van der Waals surface area (Å²) in [4.78, 5) is 18.2. The maximum absolute atomic E-state index is 11.3. The standard InChI is InChI=1S/C11H13N3O2S/c1-7-5-10(15)14-11(13-7)17-9(6-12)8-3-2-4-16-8/h2-5,9H,6,12H2,1H3,(H,13,14,15). The van der Waals surface area contributed by atoms with Crippen LogP contribution in [0.15, 0.2) is 38.8 Å². The van der Waals surface area contributed by atoms with Gasteiger partial charge in [0.05, 0.1) is 11.5 Å². The van der Waals surface area contributed by atoms with Crippen LogP contribution in [0.25, 0.3) is 0 Å². The van der Waals surface area contributed by atoms with Crippen molar-refractivity contribution in [2.24, 2.45) is 5.73 Å². The molecular formula is C11H13N3O2S. The number of furan rings is 1. The molecule has 1 atom stereocenters. The number of aromatic amines is 1. The molecular weight excluding hydrogens is 238 g/mol. The molecule has 3 N–H and O–H groups in total. The Balaban J connectivity index is 2.21. The fraction of sp³-hybridized carbons (Fsp3) is 0.273. The number of nitrogens with two attached hydrogens (primary N) is 1. The molecule has 0 fully saturated rings. The van der Waals surface area contributed by atoms with Crippen LogP contribution in [-0.4, -0.2) is 16.5 Å². The Morgan fingerprint density at radius 3 is 3.06 bits per heavy atom. The van der Waals surface area contributed by atoms with E-state index in [4.69, 9.17) is 10.2 Å². The minimum absolute atomic E-state index is 0.0463. The maximum atomic E-state index is 11.3. The fourth-order valence-corrected chi connectivity index (χ4v) is 2.41. The molecule has 0 amide bonds. The average molecular weight is 251 g/mol. The van der Waals surface area contributed by atoms with Crippen LogP contribution in [0.1, 0.15) is 16.7 Å². The van der Waals surface area contributed by atoms with E-state index in [1.54, 1.807) is 13.2 Å². The van der Waals surface area contributed by atoms with Crippen molar-refractivity contribution in [3.63, 3.8) is 0 Å². The van der Waals surface area contributed by atoms with E-state index in [0.717, 1.165) is 5.76 Å². The summed E-state index contributed by atoms with van der Waals surface area (Å²) < 4.78 is 5.30. The highest BCUT2D eigenvalue weighted by Gasteiger charge is 2.15. The van der Waals surface area contributed by atoms with Gasteiger partial charge >= 0.3 is 0 Å². The second-order valence-electron chi connectivity index (χ2n) is 3.55. The van der Waals surface area contributed by atoms with Gasteiger partial charge < -0.3 is 15.1 Å². The molecule has 2 aromatic heterocycles. The Labute approximate surface area is 102 Å².